The Kier molecular flexibility index (Phi) is 6.28. The fraction of sp³-hybridized carbons (Fsp3) is 0.160. The van der Waals surface area contributed by atoms with E-state index in [1.165, 1.54) is 12.7 Å². The molecule has 1 amide bonds. The van der Waals surface area contributed by atoms with Crippen LogP contribution in [0.2, 0.25) is 0 Å². The van der Waals surface area contributed by atoms with Crippen LogP contribution in [0, 0.1) is 0 Å². The molecule has 162 valence electrons. The maximum absolute atomic E-state index is 13.0. The number of benzene rings is 2. The molecule has 0 fully saturated rings. The molecule has 32 heavy (non-hydrogen) atoms. The highest BCUT2D eigenvalue weighted by atomic mass is 16.5. The van der Waals surface area contributed by atoms with Gasteiger partial charge in [0.2, 0.25) is 0 Å². The lowest BCUT2D eigenvalue weighted by atomic mass is 9.99. The smallest absolute Gasteiger partial charge is 0.337 e. The second kappa shape index (κ2) is 9.45. The lowest BCUT2D eigenvalue weighted by Gasteiger charge is -2.15. The van der Waals surface area contributed by atoms with Gasteiger partial charge in [-0.15, -0.1) is 0 Å². The predicted molar refractivity (Wildman–Crippen MR) is 125 cm³/mol. The second-order valence-electron chi connectivity index (χ2n) is 7.29. The molecule has 2 heterocycles. The average Bonchev–Trinajstić information content (AvgIpc) is 3.16. The molecule has 0 aliphatic carbocycles. The van der Waals surface area contributed by atoms with E-state index in [2.05, 4.69) is 27.9 Å². The Morgan fingerprint density at radius 1 is 1.03 bits per heavy atom. The van der Waals surface area contributed by atoms with Crippen LogP contribution in [0.1, 0.15) is 34.0 Å². The van der Waals surface area contributed by atoms with Gasteiger partial charge >= 0.3 is 5.97 Å². The van der Waals surface area contributed by atoms with Crippen LogP contribution in [-0.4, -0.2) is 30.5 Å². The molecule has 1 aromatic heterocycles. The van der Waals surface area contributed by atoms with Crippen LogP contribution in [0.25, 0.3) is 11.3 Å². The number of nitrogens with zero attached hydrogens (tertiary/aromatic N) is 1. The zero-order valence-electron chi connectivity index (χ0n) is 17.9. The summed E-state index contributed by atoms with van der Waals surface area (Å²) in [4.78, 5) is 29.0. The second-order valence-corrected chi connectivity index (χ2v) is 7.29. The first-order chi connectivity index (χ1) is 15.6. The number of amides is 1. The van der Waals surface area contributed by atoms with Crippen molar-refractivity contribution in [3.63, 3.8) is 0 Å². The molecule has 0 radical (unpaired) electrons. The van der Waals surface area contributed by atoms with Crippen molar-refractivity contribution >= 4 is 34.5 Å². The van der Waals surface area contributed by atoms with E-state index in [1.807, 2.05) is 36.4 Å². The van der Waals surface area contributed by atoms with Crippen molar-refractivity contribution in [1.29, 1.82) is 0 Å². The standard InChI is InChI=1S/C25H24N4O3/c1-3-26-15-16-4-7-19(8-5-16)28-23(17-10-12-27-13-11-17)22-20-9-6-18(25(31)32-2)14-21(20)29-24(22)30/h4-14,26,28H,3,15H2,1-2H3,(H,29,30)/b23-22-. The predicted octanol–water partition coefficient (Wildman–Crippen LogP) is 3.91. The summed E-state index contributed by atoms with van der Waals surface area (Å²) in [5.41, 5.74) is 5.68. The summed E-state index contributed by atoms with van der Waals surface area (Å²) in [5, 5.41) is 9.59. The number of anilines is 2. The molecular weight excluding hydrogens is 404 g/mol. The molecule has 7 heteroatoms. The number of hydrogen-bond acceptors (Lipinski definition) is 6. The van der Waals surface area contributed by atoms with E-state index in [1.54, 1.807) is 30.6 Å². The molecule has 3 aromatic rings. The van der Waals surface area contributed by atoms with Crippen LogP contribution >= 0.6 is 0 Å². The fourth-order valence-electron chi connectivity index (χ4n) is 3.58. The zero-order valence-corrected chi connectivity index (χ0v) is 17.9. The number of carbonyl (C=O) groups excluding carboxylic acids is 2. The van der Waals surface area contributed by atoms with Gasteiger partial charge in [0.1, 0.15) is 0 Å². The van der Waals surface area contributed by atoms with Crippen molar-refractivity contribution in [2.24, 2.45) is 0 Å². The van der Waals surface area contributed by atoms with Gasteiger partial charge in [-0.05, 0) is 48.5 Å². The van der Waals surface area contributed by atoms with Crippen molar-refractivity contribution in [3.8, 4) is 0 Å². The first-order valence-electron chi connectivity index (χ1n) is 10.4. The van der Waals surface area contributed by atoms with Gasteiger partial charge in [-0.2, -0.15) is 0 Å². The zero-order chi connectivity index (χ0) is 22.5. The van der Waals surface area contributed by atoms with Crippen molar-refractivity contribution < 1.29 is 14.3 Å². The molecule has 2 aromatic carbocycles. The SMILES string of the molecule is CCNCc1ccc(N/C(=C2\C(=O)Nc3cc(C(=O)OC)ccc32)c2ccncc2)cc1. The fourth-order valence-corrected chi connectivity index (χ4v) is 3.58. The summed E-state index contributed by atoms with van der Waals surface area (Å²) in [6.07, 6.45) is 3.37. The molecule has 0 unspecified atom stereocenters. The van der Waals surface area contributed by atoms with Gasteiger partial charge in [0.25, 0.3) is 5.91 Å². The van der Waals surface area contributed by atoms with Crippen LogP contribution < -0.4 is 16.0 Å². The van der Waals surface area contributed by atoms with Crippen LogP contribution in [0.3, 0.4) is 0 Å². The largest absolute Gasteiger partial charge is 0.465 e. The molecule has 4 rings (SSSR count). The van der Waals surface area contributed by atoms with Crippen molar-refractivity contribution in [1.82, 2.24) is 10.3 Å². The van der Waals surface area contributed by atoms with Gasteiger partial charge < -0.3 is 20.7 Å². The Hall–Kier alpha value is -3.97. The molecule has 0 spiro atoms. The van der Waals surface area contributed by atoms with E-state index in [0.717, 1.165) is 24.3 Å². The first-order valence-corrected chi connectivity index (χ1v) is 10.4. The van der Waals surface area contributed by atoms with E-state index in [4.69, 9.17) is 4.74 Å². The molecular formula is C25H24N4O3. The first kappa shape index (κ1) is 21.3. The van der Waals surface area contributed by atoms with Crippen LogP contribution in [0.4, 0.5) is 11.4 Å². The minimum absolute atomic E-state index is 0.245. The monoisotopic (exact) mass is 428 g/mol. The molecule has 3 N–H and O–H groups in total. The Bertz CT molecular complexity index is 1170. The lowest BCUT2D eigenvalue weighted by molar-refractivity contribution is -0.110. The Morgan fingerprint density at radius 3 is 2.47 bits per heavy atom. The van der Waals surface area contributed by atoms with E-state index < -0.39 is 5.97 Å². The molecule has 0 saturated carbocycles. The van der Waals surface area contributed by atoms with E-state index >= 15 is 0 Å². The van der Waals surface area contributed by atoms with Gasteiger partial charge in [0.05, 0.1) is 29.6 Å². The topological polar surface area (TPSA) is 92.3 Å². The van der Waals surface area contributed by atoms with E-state index in [9.17, 15) is 9.59 Å². The summed E-state index contributed by atoms with van der Waals surface area (Å²) in [5.74, 6) is -0.699. The van der Waals surface area contributed by atoms with Crippen molar-refractivity contribution in [2.45, 2.75) is 13.5 Å². The minimum Gasteiger partial charge on any atom is -0.465 e. The van der Waals surface area contributed by atoms with Gasteiger partial charge in [-0.3, -0.25) is 9.78 Å². The normalized spacial score (nSPS) is 13.9. The number of ether oxygens (including phenoxy) is 1. The van der Waals surface area contributed by atoms with E-state index in [0.29, 0.717) is 28.1 Å². The minimum atomic E-state index is -0.454. The maximum Gasteiger partial charge on any atom is 0.337 e. The number of nitrogens with one attached hydrogen (secondary N) is 3. The highest BCUT2D eigenvalue weighted by Gasteiger charge is 2.29. The molecule has 1 aliphatic heterocycles. The van der Waals surface area contributed by atoms with Crippen LogP contribution in [0.15, 0.2) is 67.0 Å². The summed E-state index contributed by atoms with van der Waals surface area (Å²) in [6, 6.07) is 16.8. The highest BCUT2D eigenvalue weighted by Crippen LogP contribution is 2.38. The quantitative estimate of drug-likeness (QED) is 0.390. The van der Waals surface area contributed by atoms with Gasteiger partial charge in [0, 0.05) is 35.8 Å². The number of pyridine rings is 1. The molecule has 0 saturated heterocycles. The van der Waals surface area contributed by atoms with Crippen molar-refractivity contribution in [3.05, 3.63) is 89.2 Å². The number of hydrogen-bond donors (Lipinski definition) is 3. The Morgan fingerprint density at radius 2 is 1.78 bits per heavy atom. The van der Waals surface area contributed by atoms with Gasteiger partial charge in [-0.25, -0.2) is 4.79 Å². The van der Waals surface area contributed by atoms with Gasteiger partial charge in [-0.1, -0.05) is 25.1 Å². The summed E-state index contributed by atoms with van der Waals surface area (Å²) >= 11 is 0. The Labute approximate surface area is 186 Å². The third-order valence-electron chi connectivity index (χ3n) is 5.21. The number of aromatic nitrogens is 1. The summed E-state index contributed by atoms with van der Waals surface area (Å²) in [6.45, 7) is 3.78. The van der Waals surface area contributed by atoms with E-state index in [-0.39, 0.29) is 5.91 Å². The molecule has 1 aliphatic rings. The van der Waals surface area contributed by atoms with Crippen molar-refractivity contribution in [2.75, 3.05) is 24.3 Å². The highest BCUT2D eigenvalue weighted by molar-refractivity contribution is 6.37. The number of fused-ring (bicyclic) bond motifs is 1. The number of rotatable bonds is 7. The number of methoxy groups -OCH3 is 1. The third kappa shape index (κ3) is 4.38. The number of esters is 1. The lowest BCUT2D eigenvalue weighted by Crippen LogP contribution is -2.12. The van der Waals surface area contributed by atoms with Crippen LogP contribution in [-0.2, 0) is 16.1 Å². The average molecular weight is 428 g/mol. The molecule has 0 bridgehead atoms. The molecule has 0 atom stereocenters. The number of carbonyl (C=O) groups is 2. The van der Waals surface area contributed by atoms with Gasteiger partial charge in [0.15, 0.2) is 0 Å². The maximum atomic E-state index is 13.0. The van der Waals surface area contributed by atoms with Crippen LogP contribution in [0.5, 0.6) is 0 Å². The summed E-state index contributed by atoms with van der Waals surface area (Å²) in [7, 11) is 1.33. The third-order valence-corrected chi connectivity index (χ3v) is 5.21. The Balaban J connectivity index is 1.76. The summed E-state index contributed by atoms with van der Waals surface area (Å²) < 4.78 is 4.79. The molecule has 7 nitrogen and oxygen atoms in total.